The van der Waals surface area contributed by atoms with Gasteiger partial charge in [-0.3, -0.25) is 4.72 Å². The maximum absolute atomic E-state index is 12.6. The molecule has 0 radical (unpaired) electrons. The van der Waals surface area contributed by atoms with Crippen LogP contribution in [0, 0.1) is 0 Å². The Morgan fingerprint density at radius 2 is 2.00 bits per heavy atom. The molecule has 2 aliphatic rings. The Bertz CT molecular complexity index is 688. The lowest BCUT2D eigenvalue weighted by atomic mass is 10.1. The van der Waals surface area contributed by atoms with Crippen LogP contribution in [0.15, 0.2) is 16.7 Å². The Labute approximate surface area is 151 Å². The molecule has 2 fully saturated rings. The van der Waals surface area contributed by atoms with E-state index in [-0.39, 0.29) is 0 Å². The molecule has 1 aromatic rings. The quantitative estimate of drug-likeness (QED) is 0.751. The number of morpholine rings is 1. The fourth-order valence-electron chi connectivity index (χ4n) is 2.70. The molecule has 0 bridgehead atoms. The van der Waals surface area contributed by atoms with E-state index >= 15 is 0 Å². The van der Waals surface area contributed by atoms with E-state index in [1.807, 2.05) is 14.1 Å². The SMILES string of the molecule is CN(C)C1CN(c2ncc(Br)cc2NS(=O)(=O)N2CCOCC2)C1. The zero-order valence-corrected chi connectivity index (χ0v) is 16.2. The van der Waals surface area contributed by atoms with E-state index in [1.165, 1.54) is 4.31 Å². The summed E-state index contributed by atoms with van der Waals surface area (Å²) >= 11 is 3.37. The van der Waals surface area contributed by atoms with Crippen LogP contribution in [-0.4, -0.2) is 82.1 Å². The number of anilines is 2. The topological polar surface area (TPSA) is 78.0 Å². The highest BCUT2D eigenvalue weighted by molar-refractivity contribution is 9.10. The van der Waals surface area contributed by atoms with Crippen LogP contribution in [-0.2, 0) is 14.9 Å². The van der Waals surface area contributed by atoms with Crippen molar-refractivity contribution >= 4 is 37.6 Å². The minimum Gasteiger partial charge on any atom is -0.379 e. The van der Waals surface area contributed by atoms with Crippen molar-refractivity contribution in [3.05, 3.63) is 16.7 Å². The van der Waals surface area contributed by atoms with Gasteiger partial charge in [-0.2, -0.15) is 12.7 Å². The molecule has 1 N–H and O–H groups in total. The third-order valence-corrected chi connectivity index (χ3v) is 6.23. The highest BCUT2D eigenvalue weighted by Crippen LogP contribution is 2.31. The first-order valence-electron chi connectivity index (χ1n) is 7.79. The standard InChI is InChI=1S/C14H22BrN5O3S/c1-18(2)12-9-19(10-12)14-13(7-11(15)8-16-14)17-24(21,22)20-3-5-23-6-4-20/h7-8,12,17H,3-6,9-10H2,1-2H3. The summed E-state index contributed by atoms with van der Waals surface area (Å²) in [5, 5.41) is 0. The van der Waals surface area contributed by atoms with Gasteiger partial charge in [0.1, 0.15) is 0 Å². The van der Waals surface area contributed by atoms with Crippen LogP contribution in [0.5, 0.6) is 0 Å². The third-order valence-electron chi connectivity index (χ3n) is 4.27. The predicted molar refractivity (Wildman–Crippen MR) is 96.6 cm³/mol. The van der Waals surface area contributed by atoms with Gasteiger partial charge in [-0.25, -0.2) is 4.98 Å². The second kappa shape index (κ2) is 7.12. The number of aromatic nitrogens is 1. The van der Waals surface area contributed by atoms with Gasteiger partial charge in [0.2, 0.25) is 0 Å². The van der Waals surface area contributed by atoms with Crippen LogP contribution in [0.2, 0.25) is 0 Å². The van der Waals surface area contributed by atoms with Crippen LogP contribution >= 0.6 is 15.9 Å². The molecule has 0 spiro atoms. The molecule has 0 aliphatic carbocycles. The molecular formula is C14H22BrN5O3S. The Kier molecular flexibility index (Phi) is 5.30. The maximum Gasteiger partial charge on any atom is 0.301 e. The number of nitrogens with one attached hydrogen (secondary N) is 1. The van der Waals surface area contributed by atoms with E-state index in [1.54, 1.807) is 12.3 Å². The average molecular weight is 420 g/mol. The van der Waals surface area contributed by atoms with E-state index in [0.29, 0.717) is 43.9 Å². The molecule has 0 atom stereocenters. The molecule has 24 heavy (non-hydrogen) atoms. The highest BCUT2D eigenvalue weighted by atomic mass is 79.9. The summed E-state index contributed by atoms with van der Waals surface area (Å²) in [4.78, 5) is 8.65. The summed E-state index contributed by atoms with van der Waals surface area (Å²) in [5.41, 5.74) is 0.494. The first-order chi connectivity index (χ1) is 11.4. The number of hydrogen-bond donors (Lipinski definition) is 1. The molecule has 1 aromatic heterocycles. The van der Waals surface area contributed by atoms with Crippen molar-refractivity contribution in [3.8, 4) is 0 Å². The lowest BCUT2D eigenvalue weighted by molar-refractivity contribution is 0.0733. The van der Waals surface area contributed by atoms with Gasteiger partial charge in [0.05, 0.1) is 18.9 Å². The summed E-state index contributed by atoms with van der Waals surface area (Å²) in [6, 6.07) is 2.21. The van der Waals surface area contributed by atoms with Gasteiger partial charge < -0.3 is 14.5 Å². The van der Waals surface area contributed by atoms with Crippen LogP contribution in [0.1, 0.15) is 0 Å². The van der Waals surface area contributed by atoms with E-state index in [9.17, 15) is 8.42 Å². The van der Waals surface area contributed by atoms with Crippen LogP contribution in [0.4, 0.5) is 11.5 Å². The van der Waals surface area contributed by atoms with E-state index in [2.05, 4.69) is 35.4 Å². The Morgan fingerprint density at radius 3 is 2.62 bits per heavy atom. The van der Waals surface area contributed by atoms with Gasteiger partial charge in [0.15, 0.2) is 5.82 Å². The molecule has 0 amide bonds. The first kappa shape index (κ1) is 17.9. The highest BCUT2D eigenvalue weighted by Gasteiger charge is 2.32. The zero-order valence-electron chi connectivity index (χ0n) is 13.8. The molecule has 8 nitrogen and oxygen atoms in total. The summed E-state index contributed by atoms with van der Waals surface area (Å²) in [7, 11) is 0.464. The Morgan fingerprint density at radius 1 is 1.33 bits per heavy atom. The van der Waals surface area contributed by atoms with Gasteiger partial charge in [-0.1, -0.05) is 0 Å². The summed E-state index contributed by atoms with van der Waals surface area (Å²) < 4.78 is 35.3. The molecule has 10 heteroatoms. The number of halogens is 1. The zero-order chi connectivity index (χ0) is 17.3. The van der Waals surface area contributed by atoms with Crippen molar-refractivity contribution in [1.82, 2.24) is 14.2 Å². The lowest BCUT2D eigenvalue weighted by Gasteiger charge is -2.44. The monoisotopic (exact) mass is 419 g/mol. The molecular weight excluding hydrogens is 398 g/mol. The van der Waals surface area contributed by atoms with Crippen molar-refractivity contribution in [2.24, 2.45) is 0 Å². The van der Waals surface area contributed by atoms with E-state index < -0.39 is 10.2 Å². The van der Waals surface area contributed by atoms with Crippen molar-refractivity contribution in [2.45, 2.75) is 6.04 Å². The van der Waals surface area contributed by atoms with Crippen LogP contribution in [0.3, 0.4) is 0 Å². The molecule has 134 valence electrons. The molecule has 3 heterocycles. The molecule has 0 aromatic carbocycles. The number of ether oxygens (including phenoxy) is 1. The van der Waals surface area contributed by atoms with Gasteiger partial charge in [0, 0.05) is 42.9 Å². The summed E-state index contributed by atoms with van der Waals surface area (Å²) in [6.45, 7) is 3.21. The second-order valence-electron chi connectivity index (χ2n) is 6.17. The minimum absolute atomic E-state index is 0.360. The number of rotatable bonds is 5. The first-order valence-corrected chi connectivity index (χ1v) is 10.0. The van der Waals surface area contributed by atoms with Crippen molar-refractivity contribution in [1.29, 1.82) is 0 Å². The van der Waals surface area contributed by atoms with Gasteiger partial charge in [-0.05, 0) is 36.1 Å². The maximum atomic E-state index is 12.6. The molecule has 0 unspecified atom stereocenters. The van der Waals surface area contributed by atoms with E-state index in [0.717, 1.165) is 17.6 Å². The lowest BCUT2D eigenvalue weighted by Crippen LogP contribution is -2.58. The molecule has 3 rings (SSSR count). The molecule has 2 aliphatic heterocycles. The average Bonchev–Trinajstić information content (AvgIpc) is 2.48. The van der Waals surface area contributed by atoms with Gasteiger partial charge in [0.25, 0.3) is 0 Å². The minimum atomic E-state index is -3.62. The van der Waals surface area contributed by atoms with Crippen LogP contribution in [0.25, 0.3) is 0 Å². The number of hydrogen-bond acceptors (Lipinski definition) is 6. The Hall–Kier alpha value is -0.940. The van der Waals surface area contributed by atoms with Crippen LogP contribution < -0.4 is 9.62 Å². The van der Waals surface area contributed by atoms with Gasteiger partial charge in [-0.15, -0.1) is 0 Å². The second-order valence-corrected chi connectivity index (χ2v) is 8.75. The largest absolute Gasteiger partial charge is 0.379 e. The number of pyridine rings is 1. The number of nitrogens with zero attached hydrogens (tertiary/aromatic N) is 4. The molecule has 2 saturated heterocycles. The Balaban J connectivity index is 1.78. The van der Waals surface area contributed by atoms with Crippen molar-refractivity contribution < 1.29 is 13.2 Å². The smallest absolute Gasteiger partial charge is 0.301 e. The predicted octanol–water partition coefficient (Wildman–Crippen LogP) is 0.583. The van der Waals surface area contributed by atoms with E-state index in [4.69, 9.17) is 4.74 Å². The van der Waals surface area contributed by atoms with Crippen molar-refractivity contribution in [2.75, 3.05) is 63.1 Å². The summed E-state index contributed by atoms with van der Waals surface area (Å²) in [5.74, 6) is 0.660. The third kappa shape index (κ3) is 3.83. The van der Waals surface area contributed by atoms with Gasteiger partial charge >= 0.3 is 10.2 Å². The normalized spacial score (nSPS) is 20.2. The van der Waals surface area contributed by atoms with Crippen molar-refractivity contribution in [3.63, 3.8) is 0 Å². The fraction of sp³-hybridized carbons (Fsp3) is 0.643. The fourth-order valence-corrected chi connectivity index (χ4v) is 4.22. The number of likely N-dealkylation sites (N-methyl/N-ethyl adjacent to an activating group) is 1. The summed E-state index contributed by atoms with van der Waals surface area (Å²) in [6.07, 6.45) is 1.69. The molecule has 0 saturated carbocycles.